The third-order valence-corrected chi connectivity index (χ3v) is 3.59. The molecule has 9 heteroatoms. The van der Waals surface area contributed by atoms with E-state index < -0.39 is 24.7 Å². The highest BCUT2D eigenvalue weighted by Gasteiger charge is 2.40. The van der Waals surface area contributed by atoms with Gasteiger partial charge in [0.05, 0.1) is 13.0 Å². The Bertz CT molecular complexity index is 390. The number of rotatable bonds is 4. The molecule has 2 atom stereocenters. The molecule has 0 saturated carbocycles. The number of urea groups is 1. The van der Waals surface area contributed by atoms with Crippen molar-refractivity contribution in [3.8, 4) is 0 Å². The molecule has 3 amide bonds. The highest BCUT2D eigenvalue weighted by atomic mass is 19.4. The van der Waals surface area contributed by atoms with E-state index >= 15 is 0 Å². The van der Waals surface area contributed by atoms with Gasteiger partial charge in [-0.1, -0.05) is 13.3 Å². The Balaban J connectivity index is 2.64. The van der Waals surface area contributed by atoms with Crippen LogP contribution in [0.1, 0.15) is 13.3 Å². The molecule has 1 N–H and O–H groups in total. The van der Waals surface area contributed by atoms with Crippen molar-refractivity contribution in [2.75, 3.05) is 33.8 Å². The van der Waals surface area contributed by atoms with Crippen molar-refractivity contribution in [1.29, 1.82) is 0 Å². The fourth-order valence-electron chi connectivity index (χ4n) is 2.34. The summed E-state index contributed by atoms with van der Waals surface area (Å²) < 4.78 is 36.3. The summed E-state index contributed by atoms with van der Waals surface area (Å²) in [5.41, 5.74) is 0. The van der Waals surface area contributed by atoms with E-state index in [-0.39, 0.29) is 24.9 Å². The number of alkyl halides is 3. The van der Waals surface area contributed by atoms with E-state index in [0.717, 1.165) is 5.06 Å². The number of carbonyl (C=O) groups is 2. The molecule has 21 heavy (non-hydrogen) atoms. The van der Waals surface area contributed by atoms with Crippen LogP contribution in [0, 0.1) is 11.8 Å². The second-order valence-corrected chi connectivity index (χ2v) is 4.97. The summed E-state index contributed by atoms with van der Waals surface area (Å²) >= 11 is 0. The lowest BCUT2D eigenvalue weighted by Crippen LogP contribution is -2.43. The number of likely N-dealkylation sites (tertiary alicyclic amines) is 1. The first kappa shape index (κ1) is 17.5. The summed E-state index contributed by atoms with van der Waals surface area (Å²) in [4.78, 5) is 29.9. The maximum absolute atomic E-state index is 12.1. The average molecular weight is 311 g/mol. The van der Waals surface area contributed by atoms with Gasteiger partial charge in [0.1, 0.15) is 6.54 Å². The second kappa shape index (κ2) is 6.97. The zero-order valence-corrected chi connectivity index (χ0v) is 12.2. The number of carbonyl (C=O) groups excluding carboxylic acids is 2. The molecule has 0 aromatic heterocycles. The van der Waals surface area contributed by atoms with Crippen molar-refractivity contribution in [2.24, 2.45) is 11.8 Å². The van der Waals surface area contributed by atoms with Crippen LogP contribution in [0.25, 0.3) is 0 Å². The standard InChI is InChI=1S/C12H20F3N3O3/c1-4-8-5-18(11(20)16-7-12(13,14)15)6-9(8)10(19)17(2)21-3/h8-9H,4-7H2,1-3H3,(H,16,20)/t8-,9+/m1/s1. The second-order valence-electron chi connectivity index (χ2n) is 4.97. The van der Waals surface area contributed by atoms with Crippen LogP contribution >= 0.6 is 0 Å². The fourth-order valence-corrected chi connectivity index (χ4v) is 2.34. The van der Waals surface area contributed by atoms with E-state index in [1.54, 1.807) is 0 Å². The molecule has 1 fully saturated rings. The van der Waals surface area contributed by atoms with Crippen molar-refractivity contribution in [2.45, 2.75) is 19.5 Å². The smallest absolute Gasteiger partial charge is 0.329 e. The van der Waals surface area contributed by atoms with Gasteiger partial charge in [0.25, 0.3) is 5.91 Å². The topological polar surface area (TPSA) is 61.9 Å². The van der Waals surface area contributed by atoms with Crippen molar-refractivity contribution in [3.63, 3.8) is 0 Å². The molecule has 1 heterocycles. The van der Waals surface area contributed by atoms with E-state index in [0.29, 0.717) is 6.42 Å². The van der Waals surface area contributed by atoms with Crippen LogP contribution in [0.2, 0.25) is 0 Å². The van der Waals surface area contributed by atoms with E-state index in [1.165, 1.54) is 19.1 Å². The van der Waals surface area contributed by atoms with E-state index in [9.17, 15) is 22.8 Å². The minimum atomic E-state index is -4.45. The van der Waals surface area contributed by atoms with Crippen LogP contribution in [-0.4, -0.2) is 61.9 Å². The number of amides is 3. The SMILES string of the molecule is CC[C@@H]1CN(C(=O)NCC(F)(F)F)C[C@@H]1C(=O)N(C)OC. The van der Waals surface area contributed by atoms with Gasteiger partial charge in [0, 0.05) is 20.1 Å². The minimum Gasteiger partial charge on any atom is -0.329 e. The van der Waals surface area contributed by atoms with Gasteiger partial charge in [0.2, 0.25) is 0 Å². The lowest BCUT2D eigenvalue weighted by Gasteiger charge is -2.21. The summed E-state index contributed by atoms with van der Waals surface area (Å²) in [6.45, 7) is 0.841. The zero-order chi connectivity index (χ0) is 16.2. The van der Waals surface area contributed by atoms with Crippen molar-refractivity contribution in [1.82, 2.24) is 15.3 Å². The van der Waals surface area contributed by atoms with Gasteiger partial charge in [-0.3, -0.25) is 9.63 Å². The van der Waals surface area contributed by atoms with Crippen LogP contribution < -0.4 is 5.32 Å². The molecule has 0 unspecified atom stereocenters. The molecule has 0 radical (unpaired) electrons. The van der Waals surface area contributed by atoms with Gasteiger partial charge in [-0.05, 0) is 5.92 Å². The van der Waals surface area contributed by atoms with Crippen molar-refractivity contribution in [3.05, 3.63) is 0 Å². The first-order chi connectivity index (χ1) is 9.69. The summed E-state index contributed by atoms with van der Waals surface area (Å²) in [6, 6.07) is -0.804. The molecule has 1 aliphatic heterocycles. The number of halogens is 3. The molecule has 0 aromatic rings. The third kappa shape index (κ3) is 4.76. The molecule has 122 valence electrons. The number of hydroxylamine groups is 2. The Kier molecular flexibility index (Phi) is 5.82. The Morgan fingerprint density at radius 2 is 2.00 bits per heavy atom. The lowest BCUT2D eigenvalue weighted by molar-refractivity contribution is -0.174. The van der Waals surface area contributed by atoms with Gasteiger partial charge in [-0.25, -0.2) is 9.86 Å². The predicted molar refractivity (Wildman–Crippen MR) is 68.1 cm³/mol. The van der Waals surface area contributed by atoms with Gasteiger partial charge < -0.3 is 10.2 Å². The number of nitrogens with one attached hydrogen (secondary N) is 1. The third-order valence-electron chi connectivity index (χ3n) is 3.59. The Hall–Kier alpha value is -1.51. The summed E-state index contributed by atoms with van der Waals surface area (Å²) in [5.74, 6) is -0.834. The quantitative estimate of drug-likeness (QED) is 0.795. The molecule has 6 nitrogen and oxygen atoms in total. The van der Waals surface area contributed by atoms with Crippen LogP contribution in [0.15, 0.2) is 0 Å². The Labute approximate surface area is 121 Å². The van der Waals surface area contributed by atoms with Crippen LogP contribution in [0.3, 0.4) is 0 Å². The number of hydrogen-bond acceptors (Lipinski definition) is 3. The van der Waals surface area contributed by atoms with Gasteiger partial charge in [-0.15, -0.1) is 0 Å². The van der Waals surface area contributed by atoms with E-state index in [1.807, 2.05) is 12.2 Å². The van der Waals surface area contributed by atoms with Crippen LogP contribution in [-0.2, 0) is 9.63 Å². The molecule has 0 spiro atoms. The molecule has 0 bridgehead atoms. The van der Waals surface area contributed by atoms with Crippen LogP contribution in [0.4, 0.5) is 18.0 Å². The predicted octanol–water partition coefficient (Wildman–Crippen LogP) is 1.24. The highest BCUT2D eigenvalue weighted by molar-refractivity contribution is 5.81. The van der Waals surface area contributed by atoms with Gasteiger partial charge in [0.15, 0.2) is 0 Å². The van der Waals surface area contributed by atoms with Gasteiger partial charge >= 0.3 is 12.2 Å². The van der Waals surface area contributed by atoms with Gasteiger partial charge in [-0.2, -0.15) is 13.2 Å². The summed E-state index contributed by atoms with van der Waals surface area (Å²) in [6.07, 6.45) is -3.80. The van der Waals surface area contributed by atoms with Crippen LogP contribution in [0.5, 0.6) is 0 Å². The molecular weight excluding hydrogens is 291 g/mol. The van der Waals surface area contributed by atoms with Crippen molar-refractivity contribution >= 4 is 11.9 Å². The molecule has 1 aliphatic rings. The fraction of sp³-hybridized carbons (Fsp3) is 0.833. The number of hydrogen-bond donors (Lipinski definition) is 1. The maximum Gasteiger partial charge on any atom is 0.405 e. The lowest BCUT2D eigenvalue weighted by atomic mass is 9.93. The molecular formula is C12H20F3N3O3. The van der Waals surface area contributed by atoms with E-state index in [4.69, 9.17) is 4.84 Å². The normalized spacial score (nSPS) is 22.3. The summed E-state index contributed by atoms with van der Waals surface area (Å²) in [5, 5.41) is 2.89. The highest BCUT2D eigenvalue weighted by Crippen LogP contribution is 2.27. The first-order valence-corrected chi connectivity index (χ1v) is 6.60. The molecule has 0 aliphatic carbocycles. The number of nitrogens with zero attached hydrogens (tertiary/aromatic N) is 2. The monoisotopic (exact) mass is 311 g/mol. The molecule has 1 saturated heterocycles. The Morgan fingerprint density at radius 3 is 2.48 bits per heavy atom. The largest absolute Gasteiger partial charge is 0.405 e. The van der Waals surface area contributed by atoms with Crippen molar-refractivity contribution < 1.29 is 27.6 Å². The maximum atomic E-state index is 12.1. The first-order valence-electron chi connectivity index (χ1n) is 6.60. The molecule has 1 rings (SSSR count). The van der Waals surface area contributed by atoms with E-state index in [2.05, 4.69) is 0 Å². The Morgan fingerprint density at radius 1 is 1.38 bits per heavy atom. The molecule has 0 aromatic carbocycles. The zero-order valence-electron chi connectivity index (χ0n) is 12.2. The minimum absolute atomic E-state index is 0.0910. The summed E-state index contributed by atoms with van der Waals surface area (Å²) in [7, 11) is 2.81. The average Bonchev–Trinajstić information content (AvgIpc) is 2.86.